The number of rotatable bonds is 2. The van der Waals surface area contributed by atoms with Crippen molar-refractivity contribution in [2.75, 3.05) is 0 Å². The second-order valence-corrected chi connectivity index (χ2v) is 5.70. The summed E-state index contributed by atoms with van der Waals surface area (Å²) >= 11 is 0. The Morgan fingerprint density at radius 1 is 1.40 bits per heavy atom. The lowest BCUT2D eigenvalue weighted by Gasteiger charge is -2.26. The third-order valence-electron chi connectivity index (χ3n) is 4.27. The van der Waals surface area contributed by atoms with Gasteiger partial charge in [-0.25, -0.2) is 0 Å². The molecule has 8 nitrogen and oxygen atoms in total. The number of nitrogens with zero attached hydrogens (tertiary/aromatic N) is 3. The highest BCUT2D eigenvalue weighted by atomic mass is 16.6. The maximum Gasteiger partial charge on any atom is 0.269 e. The van der Waals surface area contributed by atoms with Gasteiger partial charge < -0.3 is 15.0 Å². The van der Waals surface area contributed by atoms with Crippen molar-refractivity contribution in [1.29, 1.82) is 5.26 Å². The SMILES string of the molecule is Cc1cc2c(c(=O)n1C)[C@H](c1cccc([N+](=O)[O-])c1)C(C#N)=C(N)O2. The van der Waals surface area contributed by atoms with Crippen molar-refractivity contribution in [2.24, 2.45) is 12.8 Å². The van der Waals surface area contributed by atoms with Crippen LogP contribution in [0.15, 0.2) is 46.6 Å². The van der Waals surface area contributed by atoms with Gasteiger partial charge in [-0.2, -0.15) is 5.26 Å². The molecule has 0 spiro atoms. The number of hydrogen-bond donors (Lipinski definition) is 1. The number of pyridine rings is 1. The zero-order chi connectivity index (χ0) is 18.3. The number of nitrogens with two attached hydrogens (primary N) is 1. The largest absolute Gasteiger partial charge is 0.440 e. The van der Waals surface area contributed by atoms with Gasteiger partial charge in [-0.1, -0.05) is 12.1 Å². The Morgan fingerprint density at radius 3 is 2.76 bits per heavy atom. The van der Waals surface area contributed by atoms with Crippen LogP contribution in [0.25, 0.3) is 0 Å². The van der Waals surface area contributed by atoms with Crippen LogP contribution < -0.4 is 16.0 Å². The molecule has 1 aliphatic heterocycles. The summed E-state index contributed by atoms with van der Waals surface area (Å²) < 4.78 is 6.90. The number of hydrogen-bond acceptors (Lipinski definition) is 6. The molecule has 0 saturated carbocycles. The van der Waals surface area contributed by atoms with E-state index >= 15 is 0 Å². The van der Waals surface area contributed by atoms with Crippen molar-refractivity contribution < 1.29 is 9.66 Å². The zero-order valence-electron chi connectivity index (χ0n) is 13.5. The Morgan fingerprint density at radius 2 is 2.12 bits per heavy atom. The summed E-state index contributed by atoms with van der Waals surface area (Å²) in [5.41, 5.74) is 6.76. The molecule has 0 saturated heterocycles. The monoisotopic (exact) mass is 338 g/mol. The van der Waals surface area contributed by atoms with Crippen LogP contribution in [-0.4, -0.2) is 9.49 Å². The average Bonchev–Trinajstić information content (AvgIpc) is 2.58. The standard InChI is InChI=1S/C17H14N4O4/c1-9-6-13-15(17(22)20(9)2)14(12(8-18)16(19)25-13)10-4-3-5-11(7-10)21(23)24/h3-7,14H,19H2,1-2H3/t14-/m1/s1. The zero-order valence-corrected chi connectivity index (χ0v) is 13.5. The minimum atomic E-state index is -0.826. The summed E-state index contributed by atoms with van der Waals surface area (Å²) in [4.78, 5) is 23.3. The second-order valence-electron chi connectivity index (χ2n) is 5.70. The average molecular weight is 338 g/mol. The third-order valence-corrected chi connectivity index (χ3v) is 4.27. The first-order chi connectivity index (χ1) is 11.8. The van der Waals surface area contributed by atoms with E-state index in [9.17, 15) is 20.2 Å². The molecular formula is C17H14N4O4. The highest BCUT2D eigenvalue weighted by molar-refractivity contribution is 5.56. The van der Waals surface area contributed by atoms with E-state index < -0.39 is 10.8 Å². The quantitative estimate of drug-likeness (QED) is 0.658. The summed E-state index contributed by atoms with van der Waals surface area (Å²) in [6.45, 7) is 1.74. The maximum atomic E-state index is 12.8. The molecule has 2 heterocycles. The van der Waals surface area contributed by atoms with Crippen LogP contribution in [0.2, 0.25) is 0 Å². The normalized spacial score (nSPS) is 16.0. The van der Waals surface area contributed by atoms with Crippen LogP contribution in [0.3, 0.4) is 0 Å². The molecule has 0 bridgehead atoms. The Bertz CT molecular complexity index is 1030. The molecular weight excluding hydrogens is 324 g/mol. The summed E-state index contributed by atoms with van der Waals surface area (Å²) in [6, 6.07) is 9.43. The van der Waals surface area contributed by atoms with E-state index in [2.05, 4.69) is 0 Å². The predicted octanol–water partition coefficient (Wildman–Crippen LogP) is 1.82. The van der Waals surface area contributed by atoms with Crippen molar-refractivity contribution >= 4 is 5.69 Å². The van der Waals surface area contributed by atoms with Gasteiger partial charge >= 0.3 is 0 Å². The molecule has 25 heavy (non-hydrogen) atoms. The molecule has 0 unspecified atom stereocenters. The second kappa shape index (κ2) is 5.79. The van der Waals surface area contributed by atoms with E-state index in [0.717, 1.165) is 0 Å². The van der Waals surface area contributed by atoms with E-state index in [1.807, 2.05) is 6.07 Å². The number of nitriles is 1. The van der Waals surface area contributed by atoms with E-state index in [-0.39, 0.29) is 34.0 Å². The van der Waals surface area contributed by atoms with Gasteiger partial charge in [0, 0.05) is 30.9 Å². The number of non-ortho nitro benzene ring substituents is 1. The van der Waals surface area contributed by atoms with Crippen molar-refractivity contribution in [1.82, 2.24) is 4.57 Å². The third kappa shape index (κ3) is 2.52. The number of aromatic nitrogens is 1. The van der Waals surface area contributed by atoms with Crippen molar-refractivity contribution in [2.45, 2.75) is 12.8 Å². The Balaban J connectivity index is 2.34. The number of ether oxygens (including phenoxy) is 1. The molecule has 3 rings (SSSR count). The van der Waals surface area contributed by atoms with Gasteiger partial charge in [-0.15, -0.1) is 0 Å². The van der Waals surface area contributed by atoms with Crippen LogP contribution >= 0.6 is 0 Å². The Labute approximate surface area is 142 Å². The number of allylic oxidation sites excluding steroid dienone is 1. The molecule has 0 fully saturated rings. The van der Waals surface area contributed by atoms with E-state index in [1.54, 1.807) is 26.1 Å². The molecule has 2 N–H and O–H groups in total. The number of benzene rings is 1. The number of fused-ring (bicyclic) bond motifs is 1. The molecule has 0 radical (unpaired) electrons. The van der Waals surface area contributed by atoms with Crippen molar-refractivity contribution in [3.63, 3.8) is 0 Å². The Hall–Kier alpha value is -3.60. The van der Waals surface area contributed by atoms with Gasteiger partial charge in [0.1, 0.15) is 17.4 Å². The maximum absolute atomic E-state index is 12.8. The van der Waals surface area contributed by atoms with Crippen LogP contribution in [0.1, 0.15) is 22.7 Å². The lowest BCUT2D eigenvalue weighted by molar-refractivity contribution is -0.384. The van der Waals surface area contributed by atoms with Gasteiger partial charge in [0.05, 0.1) is 16.4 Å². The molecule has 1 aromatic heterocycles. The molecule has 2 aromatic rings. The molecule has 1 atom stereocenters. The van der Waals surface area contributed by atoms with Gasteiger partial charge in [0.2, 0.25) is 5.88 Å². The fraction of sp³-hybridized carbons (Fsp3) is 0.176. The molecule has 8 heteroatoms. The van der Waals surface area contributed by atoms with Crippen molar-refractivity contribution in [3.05, 3.63) is 79.1 Å². The first-order valence-electron chi connectivity index (χ1n) is 7.37. The van der Waals surface area contributed by atoms with Crippen molar-refractivity contribution in [3.8, 4) is 11.8 Å². The summed E-state index contributed by atoms with van der Waals surface area (Å²) in [5.74, 6) is -0.680. The first kappa shape index (κ1) is 16.3. The highest BCUT2D eigenvalue weighted by Gasteiger charge is 2.34. The van der Waals surface area contributed by atoms with Crippen LogP contribution in [-0.2, 0) is 7.05 Å². The molecule has 1 aliphatic rings. The minimum absolute atomic E-state index is 0.0500. The summed E-state index contributed by atoms with van der Waals surface area (Å²) in [5, 5.41) is 20.6. The lowest BCUT2D eigenvalue weighted by atomic mass is 9.84. The minimum Gasteiger partial charge on any atom is -0.440 e. The number of nitro groups is 1. The fourth-order valence-electron chi connectivity index (χ4n) is 2.89. The fourth-order valence-corrected chi connectivity index (χ4v) is 2.89. The highest BCUT2D eigenvalue weighted by Crippen LogP contribution is 2.41. The predicted molar refractivity (Wildman–Crippen MR) is 88.8 cm³/mol. The molecule has 126 valence electrons. The molecule has 0 amide bonds. The van der Waals surface area contributed by atoms with Crippen LogP contribution in [0, 0.1) is 28.4 Å². The number of nitro benzene ring substituents is 1. The first-order valence-corrected chi connectivity index (χ1v) is 7.37. The number of aryl methyl sites for hydroxylation is 1. The van der Waals surface area contributed by atoms with Crippen LogP contribution in [0.5, 0.6) is 5.75 Å². The van der Waals surface area contributed by atoms with Gasteiger partial charge in [-0.3, -0.25) is 14.9 Å². The molecule has 1 aromatic carbocycles. The topological polar surface area (TPSA) is 124 Å². The lowest BCUT2D eigenvalue weighted by Crippen LogP contribution is -2.31. The summed E-state index contributed by atoms with van der Waals surface area (Å²) in [7, 11) is 1.61. The molecule has 0 aliphatic carbocycles. The van der Waals surface area contributed by atoms with Crippen LogP contribution in [0.4, 0.5) is 5.69 Å². The van der Waals surface area contributed by atoms with E-state index in [0.29, 0.717) is 11.3 Å². The van der Waals surface area contributed by atoms with E-state index in [4.69, 9.17) is 10.5 Å². The van der Waals surface area contributed by atoms with Gasteiger partial charge in [0.25, 0.3) is 11.2 Å². The summed E-state index contributed by atoms with van der Waals surface area (Å²) in [6.07, 6.45) is 0. The van der Waals surface area contributed by atoms with E-state index in [1.165, 1.54) is 22.8 Å². The van der Waals surface area contributed by atoms with Gasteiger partial charge in [0.15, 0.2) is 0 Å². The smallest absolute Gasteiger partial charge is 0.269 e. The Kier molecular flexibility index (Phi) is 3.77. The van der Waals surface area contributed by atoms with Gasteiger partial charge in [-0.05, 0) is 12.5 Å².